The molecule has 3 rings (SSSR count). The number of rotatable bonds is 5. The Hall–Kier alpha value is -2.07. The predicted octanol–water partition coefficient (Wildman–Crippen LogP) is 3.31. The number of imidazole rings is 1. The number of hydrogen-bond donors (Lipinski definition) is 1. The van der Waals surface area contributed by atoms with Gasteiger partial charge in [0, 0.05) is 31.4 Å². The van der Waals surface area contributed by atoms with Crippen molar-refractivity contribution in [1.82, 2.24) is 14.9 Å². The summed E-state index contributed by atoms with van der Waals surface area (Å²) in [4.78, 5) is 10.2. The summed E-state index contributed by atoms with van der Waals surface area (Å²) in [5.74, 6) is 2.57. The lowest BCUT2D eigenvalue weighted by Crippen LogP contribution is -2.34. The Kier molecular flexibility index (Phi) is 4.91. The summed E-state index contributed by atoms with van der Waals surface area (Å²) in [6.45, 7) is 3.24. The number of piperidine rings is 1. The van der Waals surface area contributed by atoms with E-state index in [4.69, 9.17) is 4.74 Å². The second-order valence-electron chi connectivity index (χ2n) is 5.75. The van der Waals surface area contributed by atoms with Crippen molar-refractivity contribution in [2.45, 2.75) is 18.8 Å². The van der Waals surface area contributed by atoms with Gasteiger partial charge in [-0.05, 0) is 37.1 Å². The molecule has 0 amide bonds. The maximum absolute atomic E-state index is 5.17. The van der Waals surface area contributed by atoms with E-state index >= 15 is 0 Å². The first-order valence-corrected chi connectivity index (χ1v) is 7.87. The summed E-state index contributed by atoms with van der Waals surface area (Å²) in [7, 11) is 1.69. The van der Waals surface area contributed by atoms with Gasteiger partial charge in [-0.2, -0.15) is 0 Å². The van der Waals surface area contributed by atoms with Crippen LogP contribution in [0.2, 0.25) is 0 Å². The van der Waals surface area contributed by atoms with Crippen LogP contribution in [0.1, 0.15) is 30.1 Å². The Morgan fingerprint density at radius 2 is 2.23 bits per heavy atom. The van der Waals surface area contributed by atoms with Crippen molar-refractivity contribution in [3.8, 4) is 5.75 Å². The molecule has 1 aromatic heterocycles. The molecule has 4 nitrogen and oxygen atoms in total. The van der Waals surface area contributed by atoms with Crippen LogP contribution in [-0.2, 0) is 0 Å². The van der Waals surface area contributed by atoms with Crippen LogP contribution in [0.4, 0.5) is 0 Å². The van der Waals surface area contributed by atoms with Crippen LogP contribution in [0.5, 0.6) is 5.75 Å². The van der Waals surface area contributed by atoms with E-state index in [1.807, 2.05) is 24.5 Å². The van der Waals surface area contributed by atoms with Crippen LogP contribution in [0.3, 0.4) is 0 Å². The van der Waals surface area contributed by atoms with E-state index in [2.05, 4.69) is 39.2 Å². The van der Waals surface area contributed by atoms with E-state index in [9.17, 15) is 0 Å². The first kappa shape index (κ1) is 14.9. The number of ether oxygens (including phenoxy) is 1. The number of benzene rings is 1. The van der Waals surface area contributed by atoms with Crippen LogP contribution in [-0.4, -0.2) is 41.6 Å². The molecular weight excluding hydrogens is 274 g/mol. The van der Waals surface area contributed by atoms with Gasteiger partial charge in [0.1, 0.15) is 11.6 Å². The van der Waals surface area contributed by atoms with Gasteiger partial charge in [0.25, 0.3) is 0 Å². The van der Waals surface area contributed by atoms with Gasteiger partial charge in [0.05, 0.1) is 7.11 Å². The second kappa shape index (κ2) is 7.27. The Bertz CT molecular complexity index is 589. The SMILES string of the molecule is COc1ccc(/C=C/CN2CCCC(c3ncc[nH]3)C2)cc1. The van der Waals surface area contributed by atoms with E-state index in [-0.39, 0.29) is 0 Å². The number of methoxy groups -OCH3 is 1. The Balaban J connectivity index is 1.53. The van der Waals surface area contributed by atoms with Crippen molar-refractivity contribution in [2.75, 3.05) is 26.7 Å². The lowest BCUT2D eigenvalue weighted by molar-refractivity contribution is 0.224. The topological polar surface area (TPSA) is 41.1 Å². The van der Waals surface area contributed by atoms with Crippen molar-refractivity contribution in [3.63, 3.8) is 0 Å². The molecule has 1 atom stereocenters. The van der Waals surface area contributed by atoms with Crippen molar-refractivity contribution in [1.29, 1.82) is 0 Å². The fourth-order valence-electron chi connectivity index (χ4n) is 3.00. The molecule has 22 heavy (non-hydrogen) atoms. The van der Waals surface area contributed by atoms with E-state index in [0.717, 1.165) is 24.7 Å². The van der Waals surface area contributed by atoms with Gasteiger partial charge in [-0.15, -0.1) is 0 Å². The van der Waals surface area contributed by atoms with Crippen molar-refractivity contribution >= 4 is 6.08 Å². The predicted molar refractivity (Wildman–Crippen MR) is 89.0 cm³/mol. The van der Waals surface area contributed by atoms with Gasteiger partial charge >= 0.3 is 0 Å². The van der Waals surface area contributed by atoms with Crippen molar-refractivity contribution in [3.05, 3.63) is 54.1 Å². The lowest BCUT2D eigenvalue weighted by atomic mass is 9.97. The monoisotopic (exact) mass is 297 g/mol. The van der Waals surface area contributed by atoms with Gasteiger partial charge < -0.3 is 9.72 Å². The zero-order valence-electron chi connectivity index (χ0n) is 13.0. The van der Waals surface area contributed by atoms with Crippen LogP contribution >= 0.6 is 0 Å². The zero-order valence-corrected chi connectivity index (χ0v) is 13.0. The summed E-state index contributed by atoms with van der Waals surface area (Å²) < 4.78 is 5.17. The number of nitrogens with zero attached hydrogens (tertiary/aromatic N) is 2. The second-order valence-corrected chi connectivity index (χ2v) is 5.75. The molecule has 1 aliphatic rings. The molecule has 1 fully saturated rings. The van der Waals surface area contributed by atoms with Crippen LogP contribution in [0, 0.1) is 0 Å². The van der Waals surface area contributed by atoms with Gasteiger partial charge in [-0.1, -0.05) is 24.3 Å². The molecule has 2 heterocycles. The molecule has 116 valence electrons. The van der Waals surface area contributed by atoms with E-state index in [1.165, 1.54) is 24.9 Å². The third kappa shape index (κ3) is 3.77. The average Bonchev–Trinajstić information content (AvgIpc) is 3.10. The summed E-state index contributed by atoms with van der Waals surface area (Å²) >= 11 is 0. The molecule has 0 spiro atoms. The lowest BCUT2D eigenvalue weighted by Gasteiger charge is -2.30. The van der Waals surface area contributed by atoms with Gasteiger partial charge in [-0.25, -0.2) is 4.98 Å². The number of likely N-dealkylation sites (tertiary alicyclic amines) is 1. The van der Waals surface area contributed by atoms with Crippen LogP contribution in [0.15, 0.2) is 42.7 Å². The molecule has 0 bridgehead atoms. The highest BCUT2D eigenvalue weighted by atomic mass is 16.5. The molecule has 1 unspecified atom stereocenters. The highest BCUT2D eigenvalue weighted by Crippen LogP contribution is 2.24. The Morgan fingerprint density at radius 1 is 1.36 bits per heavy atom. The summed E-state index contributed by atoms with van der Waals surface area (Å²) in [5.41, 5.74) is 1.21. The van der Waals surface area contributed by atoms with Gasteiger partial charge in [-0.3, -0.25) is 4.90 Å². The minimum Gasteiger partial charge on any atom is -0.497 e. The minimum absolute atomic E-state index is 0.540. The Labute approximate surface area is 131 Å². The molecule has 0 radical (unpaired) electrons. The summed E-state index contributed by atoms with van der Waals surface area (Å²) in [5, 5.41) is 0. The molecule has 1 aromatic carbocycles. The molecule has 0 aliphatic carbocycles. The maximum Gasteiger partial charge on any atom is 0.118 e. The normalized spacial score (nSPS) is 19.6. The quantitative estimate of drug-likeness (QED) is 0.920. The number of nitrogens with one attached hydrogen (secondary N) is 1. The molecule has 1 N–H and O–H groups in total. The first-order chi connectivity index (χ1) is 10.8. The standard InChI is InChI=1S/C18H23N3O/c1-22-17-8-6-15(7-9-17)4-2-12-21-13-3-5-16(14-21)18-19-10-11-20-18/h2,4,6-11,16H,3,5,12-14H2,1H3,(H,19,20)/b4-2+. The first-order valence-electron chi connectivity index (χ1n) is 7.87. The molecule has 0 saturated carbocycles. The average molecular weight is 297 g/mol. The Morgan fingerprint density at radius 3 is 2.95 bits per heavy atom. The number of hydrogen-bond acceptors (Lipinski definition) is 3. The zero-order chi connectivity index (χ0) is 15.2. The fraction of sp³-hybridized carbons (Fsp3) is 0.389. The summed E-state index contributed by atoms with van der Waals surface area (Å²) in [6, 6.07) is 8.15. The fourth-order valence-corrected chi connectivity index (χ4v) is 3.00. The number of H-pyrrole nitrogens is 1. The molecule has 2 aromatic rings. The van der Waals surface area contributed by atoms with Crippen molar-refractivity contribution < 1.29 is 4.74 Å². The third-order valence-electron chi connectivity index (χ3n) is 4.20. The molecule has 1 saturated heterocycles. The largest absolute Gasteiger partial charge is 0.497 e. The van der Waals surface area contributed by atoms with Gasteiger partial charge in [0.2, 0.25) is 0 Å². The highest BCUT2D eigenvalue weighted by molar-refractivity contribution is 5.50. The molecule has 4 heteroatoms. The smallest absolute Gasteiger partial charge is 0.118 e. The highest BCUT2D eigenvalue weighted by Gasteiger charge is 2.21. The van der Waals surface area contributed by atoms with E-state index < -0.39 is 0 Å². The summed E-state index contributed by atoms with van der Waals surface area (Å²) in [6.07, 6.45) is 10.6. The molecular formula is C18H23N3O. The van der Waals surface area contributed by atoms with Crippen LogP contribution < -0.4 is 4.74 Å². The van der Waals surface area contributed by atoms with Crippen molar-refractivity contribution in [2.24, 2.45) is 0 Å². The number of aromatic nitrogens is 2. The van der Waals surface area contributed by atoms with E-state index in [0.29, 0.717) is 5.92 Å². The molecule has 1 aliphatic heterocycles. The third-order valence-corrected chi connectivity index (χ3v) is 4.20. The maximum atomic E-state index is 5.17. The van der Waals surface area contributed by atoms with Gasteiger partial charge in [0.15, 0.2) is 0 Å². The van der Waals surface area contributed by atoms with Crippen LogP contribution in [0.25, 0.3) is 6.08 Å². The van der Waals surface area contributed by atoms with E-state index in [1.54, 1.807) is 7.11 Å². The number of aromatic amines is 1. The minimum atomic E-state index is 0.540.